The van der Waals surface area contributed by atoms with Crippen molar-refractivity contribution < 1.29 is 52.2 Å². The first-order valence-electron chi connectivity index (χ1n) is 28.8. The van der Waals surface area contributed by atoms with E-state index in [0.717, 1.165) is 135 Å². The van der Waals surface area contributed by atoms with Gasteiger partial charge in [-0.05, 0) is 109 Å². The van der Waals surface area contributed by atoms with Gasteiger partial charge >= 0.3 is 25.7 Å². The number of hydrogen-bond donors (Lipinski definition) is 2. The molecule has 416 valence electrons. The Hall–Kier alpha value is -3.08. The van der Waals surface area contributed by atoms with Crippen LogP contribution in [0, 0.1) is 0 Å². The summed E-state index contributed by atoms with van der Waals surface area (Å²) in [5.41, 5.74) is 0. The van der Waals surface area contributed by atoms with Crippen molar-refractivity contribution in [1.29, 1.82) is 0 Å². The highest BCUT2D eigenvalue weighted by Crippen LogP contribution is 2.43. The maximum atomic E-state index is 12.9. The highest BCUT2D eigenvalue weighted by Gasteiger charge is 2.28. The number of phosphoric ester groups is 1. The van der Waals surface area contributed by atoms with Crippen LogP contribution in [-0.2, 0) is 42.2 Å². The fraction of sp³-hybridized carbons (Fsp3) is 0.750. The molecule has 11 nitrogen and oxygen atoms in total. The average Bonchev–Trinajstić information content (AvgIpc) is 3.37. The number of allylic oxidation sites excluding steroid dienone is 12. The summed E-state index contributed by atoms with van der Waals surface area (Å²) in [5.74, 6) is -1.51. The molecular formula is C60H105O11P. The second-order valence-corrected chi connectivity index (χ2v) is 20.5. The summed E-state index contributed by atoms with van der Waals surface area (Å²) in [5, 5.41) is 9.81. The van der Waals surface area contributed by atoms with Gasteiger partial charge in [-0.15, -0.1) is 0 Å². The summed E-state index contributed by atoms with van der Waals surface area (Å²) in [6.07, 6.45) is 60.0. The normalized spacial score (nSPS) is 13.9. The van der Waals surface area contributed by atoms with E-state index in [4.69, 9.17) is 23.3 Å². The number of esters is 3. The molecule has 0 saturated carbocycles. The number of carbonyl (C=O) groups excluding carboxylic acids is 3. The number of aliphatic hydroxyl groups excluding tert-OH is 1. The molecule has 72 heavy (non-hydrogen) atoms. The topological polar surface area (TPSA) is 155 Å². The Labute approximate surface area is 439 Å². The van der Waals surface area contributed by atoms with Gasteiger partial charge in [0.05, 0.1) is 19.8 Å². The van der Waals surface area contributed by atoms with E-state index in [1.54, 1.807) is 0 Å². The van der Waals surface area contributed by atoms with Crippen LogP contribution in [0.5, 0.6) is 0 Å². The molecule has 0 aliphatic carbocycles. The quantitative estimate of drug-likeness (QED) is 0.0197. The van der Waals surface area contributed by atoms with Gasteiger partial charge in [-0.2, -0.15) is 0 Å². The van der Waals surface area contributed by atoms with Gasteiger partial charge in [-0.25, -0.2) is 4.57 Å². The summed E-state index contributed by atoms with van der Waals surface area (Å²) in [6, 6.07) is 0. The Morgan fingerprint density at radius 1 is 0.403 bits per heavy atom. The van der Waals surface area contributed by atoms with Crippen molar-refractivity contribution in [2.24, 2.45) is 0 Å². The van der Waals surface area contributed by atoms with Gasteiger partial charge in [0.15, 0.2) is 6.10 Å². The fourth-order valence-electron chi connectivity index (χ4n) is 7.69. The molecule has 0 aliphatic heterocycles. The van der Waals surface area contributed by atoms with Crippen LogP contribution in [0.15, 0.2) is 72.9 Å². The average molecular weight is 1030 g/mol. The zero-order valence-electron chi connectivity index (χ0n) is 45.9. The SMILES string of the molecule is CC/C=C\C/C=C\C/C=C\CCCCCCCC(=O)OC(COC(=O)CCCCCCC/C=C\CCCCCCCC)COP(=O)(O)OCC(CO)OC(=O)CCCCCCC/C=C\C/C=C\CCCCC. The molecule has 0 rings (SSSR count). The monoisotopic (exact) mass is 1030 g/mol. The van der Waals surface area contributed by atoms with Gasteiger partial charge in [-0.3, -0.25) is 23.4 Å². The molecule has 0 aromatic carbocycles. The number of ether oxygens (including phenoxy) is 3. The van der Waals surface area contributed by atoms with Gasteiger partial charge < -0.3 is 24.2 Å². The van der Waals surface area contributed by atoms with E-state index in [1.807, 2.05) is 0 Å². The Kier molecular flexibility index (Phi) is 51.9. The summed E-state index contributed by atoms with van der Waals surface area (Å²) >= 11 is 0. The summed E-state index contributed by atoms with van der Waals surface area (Å²) in [4.78, 5) is 48.5. The lowest BCUT2D eigenvalue weighted by molar-refractivity contribution is -0.161. The van der Waals surface area contributed by atoms with E-state index >= 15 is 0 Å². The molecule has 0 radical (unpaired) electrons. The predicted molar refractivity (Wildman–Crippen MR) is 298 cm³/mol. The molecule has 2 N–H and O–H groups in total. The fourth-order valence-corrected chi connectivity index (χ4v) is 8.47. The molecule has 3 unspecified atom stereocenters. The molecule has 0 aromatic heterocycles. The maximum Gasteiger partial charge on any atom is 0.472 e. The number of aliphatic hydroxyl groups is 1. The molecule has 0 saturated heterocycles. The first-order chi connectivity index (χ1) is 35.2. The molecule has 0 aliphatic rings. The largest absolute Gasteiger partial charge is 0.472 e. The molecule has 3 atom stereocenters. The third-order valence-corrected chi connectivity index (χ3v) is 13.0. The number of unbranched alkanes of at least 4 members (excludes halogenated alkanes) is 24. The summed E-state index contributed by atoms with van der Waals surface area (Å²) < 4.78 is 39.5. The minimum atomic E-state index is -4.76. The molecule has 0 aromatic rings. The van der Waals surface area contributed by atoms with E-state index in [-0.39, 0.29) is 25.9 Å². The zero-order valence-corrected chi connectivity index (χ0v) is 46.8. The number of hydrogen-bond acceptors (Lipinski definition) is 10. The number of carbonyl (C=O) groups is 3. The van der Waals surface area contributed by atoms with E-state index in [0.29, 0.717) is 19.3 Å². The minimum absolute atomic E-state index is 0.144. The molecule has 0 amide bonds. The smallest absolute Gasteiger partial charge is 0.462 e. The third-order valence-electron chi connectivity index (χ3n) is 12.1. The van der Waals surface area contributed by atoms with Crippen LogP contribution in [-0.4, -0.2) is 66.5 Å². The predicted octanol–water partition coefficient (Wildman–Crippen LogP) is 16.9. The van der Waals surface area contributed by atoms with E-state index in [1.165, 1.54) is 57.8 Å². The molecule has 0 heterocycles. The highest BCUT2D eigenvalue weighted by atomic mass is 31.2. The Morgan fingerprint density at radius 3 is 1.15 bits per heavy atom. The van der Waals surface area contributed by atoms with Crippen LogP contribution in [0.25, 0.3) is 0 Å². The first kappa shape index (κ1) is 68.9. The Bertz CT molecular complexity index is 1490. The highest BCUT2D eigenvalue weighted by molar-refractivity contribution is 7.47. The molecule has 0 fully saturated rings. The van der Waals surface area contributed by atoms with E-state index < -0.39 is 57.8 Å². The lowest BCUT2D eigenvalue weighted by Crippen LogP contribution is -2.30. The van der Waals surface area contributed by atoms with Crippen LogP contribution >= 0.6 is 7.82 Å². The standard InChI is InChI=1S/C60H105O11P/c1-4-7-10-13-16-19-22-25-28-31-34-37-40-43-46-49-58(62)67-53-57(71-60(64)51-48-45-42-39-36-33-30-27-24-21-18-15-12-9-6-3)55-69-72(65,66)68-54-56(52-61)70-59(63)50-47-44-41-38-35-32-29-26-23-20-17-14-11-8-5-2/h9,12,17-18,20-21,25-30,56-57,61H,4-8,10-11,13-16,19,22-24,31-55H2,1-3H3,(H,65,66)/b12-9-,20-17-,21-18-,28-25-,29-26-,30-27-. The van der Waals surface area contributed by atoms with Gasteiger partial charge in [0.1, 0.15) is 12.7 Å². The van der Waals surface area contributed by atoms with Crippen molar-refractivity contribution in [3.63, 3.8) is 0 Å². The molecule has 12 heteroatoms. The summed E-state index contributed by atoms with van der Waals surface area (Å²) in [6.45, 7) is 4.46. The second-order valence-electron chi connectivity index (χ2n) is 19.1. The van der Waals surface area contributed by atoms with Crippen LogP contribution in [0.1, 0.15) is 252 Å². The van der Waals surface area contributed by atoms with Crippen molar-refractivity contribution in [2.45, 2.75) is 264 Å². The third kappa shape index (κ3) is 51.8. The van der Waals surface area contributed by atoms with Crippen LogP contribution < -0.4 is 0 Å². The van der Waals surface area contributed by atoms with Crippen molar-refractivity contribution in [3.05, 3.63) is 72.9 Å². The molecular weight excluding hydrogens is 928 g/mol. The van der Waals surface area contributed by atoms with Crippen LogP contribution in [0.3, 0.4) is 0 Å². The van der Waals surface area contributed by atoms with Gasteiger partial charge in [-0.1, -0.05) is 196 Å². The molecule has 0 bridgehead atoms. The lowest BCUT2D eigenvalue weighted by atomic mass is 10.1. The number of rotatable bonds is 53. The summed E-state index contributed by atoms with van der Waals surface area (Å²) in [7, 11) is -4.76. The van der Waals surface area contributed by atoms with E-state index in [9.17, 15) is 28.9 Å². The van der Waals surface area contributed by atoms with Gasteiger partial charge in [0.25, 0.3) is 0 Å². The van der Waals surface area contributed by atoms with Gasteiger partial charge in [0, 0.05) is 19.3 Å². The van der Waals surface area contributed by atoms with Gasteiger partial charge in [0.2, 0.25) is 0 Å². The van der Waals surface area contributed by atoms with Crippen molar-refractivity contribution in [3.8, 4) is 0 Å². The van der Waals surface area contributed by atoms with Crippen LogP contribution in [0.2, 0.25) is 0 Å². The first-order valence-corrected chi connectivity index (χ1v) is 30.3. The number of phosphoric acid groups is 1. The minimum Gasteiger partial charge on any atom is -0.462 e. The van der Waals surface area contributed by atoms with Crippen molar-refractivity contribution >= 4 is 25.7 Å². The molecule has 0 spiro atoms. The second kappa shape index (κ2) is 54.2. The maximum absolute atomic E-state index is 12.9. The van der Waals surface area contributed by atoms with Crippen molar-refractivity contribution in [2.75, 3.05) is 26.4 Å². The van der Waals surface area contributed by atoms with Crippen LogP contribution in [0.4, 0.5) is 0 Å². The Balaban J connectivity index is 4.76. The van der Waals surface area contributed by atoms with Crippen molar-refractivity contribution in [1.82, 2.24) is 0 Å². The lowest BCUT2D eigenvalue weighted by Gasteiger charge is -2.21. The Morgan fingerprint density at radius 2 is 0.722 bits per heavy atom. The van der Waals surface area contributed by atoms with E-state index in [2.05, 4.69) is 93.7 Å². The zero-order chi connectivity index (χ0) is 52.7.